The standard InChI is InChI=1S/C20H36N2O/c1-4-5-6-7-8-14-21-15-16-22-19-9-11-20(12-10-19)23-17-13-18(2)3/h9-12,18,21-22H,4-8,13-17H2,1-3H3. The smallest absolute Gasteiger partial charge is 0.119 e. The van der Waals surface area contributed by atoms with Gasteiger partial charge in [0.05, 0.1) is 6.61 Å². The van der Waals surface area contributed by atoms with Gasteiger partial charge in [-0.1, -0.05) is 46.5 Å². The van der Waals surface area contributed by atoms with Gasteiger partial charge in [-0.15, -0.1) is 0 Å². The van der Waals surface area contributed by atoms with Crippen LogP contribution in [0.1, 0.15) is 59.3 Å². The summed E-state index contributed by atoms with van der Waals surface area (Å²) in [5.74, 6) is 1.65. The van der Waals surface area contributed by atoms with Gasteiger partial charge in [-0.25, -0.2) is 0 Å². The van der Waals surface area contributed by atoms with Crippen LogP contribution in [0.4, 0.5) is 5.69 Å². The molecule has 2 N–H and O–H groups in total. The van der Waals surface area contributed by atoms with Gasteiger partial charge in [-0.05, 0) is 49.6 Å². The summed E-state index contributed by atoms with van der Waals surface area (Å²) < 4.78 is 5.73. The van der Waals surface area contributed by atoms with Crippen LogP contribution in [-0.4, -0.2) is 26.2 Å². The molecular formula is C20H36N2O. The Morgan fingerprint density at radius 2 is 1.65 bits per heavy atom. The first-order valence-corrected chi connectivity index (χ1v) is 9.39. The SMILES string of the molecule is CCCCCCCNCCNc1ccc(OCCC(C)C)cc1. The fraction of sp³-hybridized carbons (Fsp3) is 0.700. The third-order valence-corrected chi connectivity index (χ3v) is 3.91. The second-order valence-corrected chi connectivity index (χ2v) is 6.65. The lowest BCUT2D eigenvalue weighted by molar-refractivity contribution is 0.289. The van der Waals surface area contributed by atoms with Crippen LogP contribution in [0.15, 0.2) is 24.3 Å². The number of rotatable bonds is 14. The number of benzene rings is 1. The molecule has 1 aromatic carbocycles. The van der Waals surface area contributed by atoms with Gasteiger partial charge < -0.3 is 15.4 Å². The zero-order valence-corrected chi connectivity index (χ0v) is 15.4. The maximum absolute atomic E-state index is 5.73. The summed E-state index contributed by atoms with van der Waals surface area (Å²) >= 11 is 0. The fourth-order valence-electron chi connectivity index (χ4n) is 2.36. The van der Waals surface area contributed by atoms with Crippen LogP contribution in [0.3, 0.4) is 0 Å². The molecule has 0 aliphatic rings. The highest BCUT2D eigenvalue weighted by molar-refractivity contribution is 5.46. The third-order valence-electron chi connectivity index (χ3n) is 3.91. The summed E-state index contributed by atoms with van der Waals surface area (Å²) in [4.78, 5) is 0. The average molecular weight is 321 g/mol. The molecule has 0 bridgehead atoms. The Bertz CT molecular complexity index is 376. The molecule has 1 rings (SSSR count). The molecule has 0 fully saturated rings. The molecule has 3 nitrogen and oxygen atoms in total. The molecule has 0 aromatic heterocycles. The van der Waals surface area contributed by atoms with Crippen LogP contribution in [0.5, 0.6) is 5.75 Å². The first-order valence-electron chi connectivity index (χ1n) is 9.39. The van der Waals surface area contributed by atoms with E-state index >= 15 is 0 Å². The second kappa shape index (κ2) is 13.2. The molecule has 0 atom stereocenters. The minimum Gasteiger partial charge on any atom is -0.494 e. The number of hydrogen-bond donors (Lipinski definition) is 2. The van der Waals surface area contributed by atoms with Crippen LogP contribution >= 0.6 is 0 Å². The summed E-state index contributed by atoms with van der Waals surface area (Å²) in [5, 5.41) is 6.93. The predicted molar refractivity (Wildman–Crippen MR) is 102 cm³/mol. The van der Waals surface area contributed by atoms with Crippen molar-refractivity contribution in [3.8, 4) is 5.75 Å². The molecule has 0 aliphatic heterocycles. The van der Waals surface area contributed by atoms with Gasteiger partial charge in [0.1, 0.15) is 5.75 Å². The van der Waals surface area contributed by atoms with Crippen molar-refractivity contribution < 1.29 is 4.74 Å². The van der Waals surface area contributed by atoms with E-state index in [9.17, 15) is 0 Å². The van der Waals surface area contributed by atoms with E-state index < -0.39 is 0 Å². The maximum atomic E-state index is 5.73. The summed E-state index contributed by atoms with van der Waals surface area (Å²) in [6, 6.07) is 8.28. The quantitative estimate of drug-likeness (QED) is 0.469. The van der Waals surface area contributed by atoms with E-state index in [1.54, 1.807) is 0 Å². The Morgan fingerprint density at radius 3 is 2.35 bits per heavy atom. The van der Waals surface area contributed by atoms with Crippen molar-refractivity contribution in [3.05, 3.63) is 24.3 Å². The molecule has 0 spiro atoms. The lowest BCUT2D eigenvalue weighted by Crippen LogP contribution is -2.23. The zero-order chi connectivity index (χ0) is 16.8. The number of nitrogens with one attached hydrogen (secondary N) is 2. The lowest BCUT2D eigenvalue weighted by atomic mass is 10.1. The van der Waals surface area contributed by atoms with Crippen LogP contribution in [0.2, 0.25) is 0 Å². The first kappa shape index (κ1) is 19.8. The van der Waals surface area contributed by atoms with Crippen LogP contribution in [0.25, 0.3) is 0 Å². The van der Waals surface area contributed by atoms with Gasteiger partial charge in [0, 0.05) is 18.8 Å². The molecule has 0 heterocycles. The highest BCUT2D eigenvalue weighted by Gasteiger charge is 1.97. The number of ether oxygens (including phenoxy) is 1. The van der Waals surface area contributed by atoms with E-state index in [1.165, 1.54) is 32.1 Å². The highest BCUT2D eigenvalue weighted by atomic mass is 16.5. The van der Waals surface area contributed by atoms with Crippen LogP contribution in [0, 0.1) is 5.92 Å². The van der Waals surface area contributed by atoms with Gasteiger partial charge in [-0.2, -0.15) is 0 Å². The molecule has 0 saturated carbocycles. The normalized spacial score (nSPS) is 11.0. The second-order valence-electron chi connectivity index (χ2n) is 6.65. The van der Waals surface area contributed by atoms with Gasteiger partial charge >= 0.3 is 0 Å². The molecule has 3 heteroatoms. The number of anilines is 1. The molecule has 132 valence electrons. The Kier molecular flexibility index (Phi) is 11.4. The third kappa shape index (κ3) is 11.0. The summed E-state index contributed by atoms with van der Waals surface area (Å²) in [6.45, 7) is 10.6. The van der Waals surface area contributed by atoms with Crippen LogP contribution in [-0.2, 0) is 0 Å². The molecule has 0 aliphatic carbocycles. The minimum absolute atomic E-state index is 0.690. The Labute approximate surface area is 143 Å². The zero-order valence-electron chi connectivity index (χ0n) is 15.4. The molecule has 23 heavy (non-hydrogen) atoms. The molecule has 0 amide bonds. The largest absolute Gasteiger partial charge is 0.494 e. The van der Waals surface area contributed by atoms with Crippen molar-refractivity contribution in [1.29, 1.82) is 0 Å². The Hall–Kier alpha value is -1.22. The molecule has 0 radical (unpaired) electrons. The van der Waals surface area contributed by atoms with Crippen molar-refractivity contribution in [2.24, 2.45) is 5.92 Å². The fourth-order valence-corrected chi connectivity index (χ4v) is 2.36. The molecule has 0 unspecified atom stereocenters. The van der Waals surface area contributed by atoms with Crippen molar-refractivity contribution in [2.75, 3.05) is 31.6 Å². The molecule has 0 saturated heterocycles. The Balaban J connectivity index is 2.02. The average Bonchev–Trinajstić information content (AvgIpc) is 2.54. The highest BCUT2D eigenvalue weighted by Crippen LogP contribution is 2.16. The van der Waals surface area contributed by atoms with Crippen molar-refractivity contribution in [1.82, 2.24) is 5.32 Å². The van der Waals surface area contributed by atoms with Gasteiger partial charge in [0.25, 0.3) is 0 Å². The van der Waals surface area contributed by atoms with E-state index in [4.69, 9.17) is 4.74 Å². The van der Waals surface area contributed by atoms with E-state index in [2.05, 4.69) is 43.5 Å². The van der Waals surface area contributed by atoms with Crippen molar-refractivity contribution in [3.63, 3.8) is 0 Å². The van der Waals surface area contributed by atoms with E-state index in [1.807, 2.05) is 12.1 Å². The maximum Gasteiger partial charge on any atom is 0.119 e. The van der Waals surface area contributed by atoms with E-state index in [-0.39, 0.29) is 0 Å². The monoisotopic (exact) mass is 320 g/mol. The van der Waals surface area contributed by atoms with E-state index in [0.717, 1.165) is 44.1 Å². The minimum atomic E-state index is 0.690. The number of unbranched alkanes of at least 4 members (excludes halogenated alkanes) is 4. The summed E-state index contributed by atoms with van der Waals surface area (Å²) in [5.41, 5.74) is 1.16. The summed E-state index contributed by atoms with van der Waals surface area (Å²) in [6.07, 6.45) is 7.82. The topological polar surface area (TPSA) is 33.3 Å². The molecule has 1 aromatic rings. The predicted octanol–water partition coefficient (Wildman–Crippen LogP) is 5.08. The summed E-state index contributed by atoms with van der Waals surface area (Å²) in [7, 11) is 0. The van der Waals surface area contributed by atoms with Crippen molar-refractivity contribution in [2.45, 2.75) is 59.3 Å². The van der Waals surface area contributed by atoms with Crippen molar-refractivity contribution >= 4 is 5.69 Å². The van der Waals surface area contributed by atoms with Gasteiger partial charge in [0.2, 0.25) is 0 Å². The van der Waals surface area contributed by atoms with Gasteiger partial charge in [0.15, 0.2) is 0 Å². The molecular weight excluding hydrogens is 284 g/mol. The lowest BCUT2D eigenvalue weighted by Gasteiger charge is -2.10. The van der Waals surface area contributed by atoms with Gasteiger partial charge in [-0.3, -0.25) is 0 Å². The Morgan fingerprint density at radius 1 is 0.913 bits per heavy atom. The number of hydrogen-bond acceptors (Lipinski definition) is 3. The van der Waals surface area contributed by atoms with E-state index in [0.29, 0.717) is 5.92 Å². The van der Waals surface area contributed by atoms with Crippen LogP contribution < -0.4 is 15.4 Å². The first-order chi connectivity index (χ1) is 11.2.